The van der Waals surface area contributed by atoms with Crippen LogP contribution >= 0.6 is 12.2 Å². The predicted molar refractivity (Wildman–Crippen MR) is 119 cm³/mol. The number of aliphatic hydroxyl groups excluding tert-OH is 2. The van der Waals surface area contributed by atoms with Gasteiger partial charge in [0.1, 0.15) is 0 Å². The van der Waals surface area contributed by atoms with Gasteiger partial charge in [-0.3, -0.25) is 10.1 Å². The van der Waals surface area contributed by atoms with Crippen molar-refractivity contribution in [2.24, 2.45) is 0 Å². The van der Waals surface area contributed by atoms with Gasteiger partial charge in [0, 0.05) is 35.0 Å². The average Bonchev–Trinajstić information content (AvgIpc) is 2.79. The maximum Gasteiger partial charge on any atom is 0.416 e. The van der Waals surface area contributed by atoms with Crippen LogP contribution in [0.5, 0.6) is 0 Å². The van der Waals surface area contributed by atoms with Crippen molar-refractivity contribution in [2.45, 2.75) is 12.8 Å². The lowest BCUT2D eigenvalue weighted by Crippen LogP contribution is -2.39. The quantitative estimate of drug-likeness (QED) is 0.119. The fourth-order valence-corrected chi connectivity index (χ4v) is 3.27. The monoisotopic (exact) mass is 476 g/mol. The van der Waals surface area contributed by atoms with E-state index in [-0.39, 0.29) is 40.0 Å². The number of aliphatic hydroxyl groups is 2. The summed E-state index contributed by atoms with van der Waals surface area (Å²) in [4.78, 5) is 10.2. The van der Waals surface area contributed by atoms with Crippen LogP contribution in [0.4, 0.5) is 24.5 Å². The van der Waals surface area contributed by atoms with Crippen LogP contribution < -0.4 is 9.88 Å². The van der Waals surface area contributed by atoms with Crippen molar-refractivity contribution in [1.82, 2.24) is 0 Å². The fourth-order valence-electron chi connectivity index (χ4n) is 2.95. The number of nitrogens with one attached hydrogen (secondary N) is 1. The largest absolute Gasteiger partial charge is 0.502 e. The molecule has 0 spiro atoms. The molecule has 0 fully saturated rings. The van der Waals surface area contributed by atoms with Crippen LogP contribution in [-0.4, -0.2) is 20.1 Å². The van der Waals surface area contributed by atoms with Gasteiger partial charge in [0.15, 0.2) is 23.1 Å². The maximum atomic E-state index is 13.1. The maximum absolute atomic E-state index is 13.1. The summed E-state index contributed by atoms with van der Waals surface area (Å²) in [5, 5.41) is 34.0. The zero-order valence-electron chi connectivity index (χ0n) is 16.8. The molecule has 2 aromatic carbocycles. The van der Waals surface area contributed by atoms with Crippen molar-refractivity contribution in [3.05, 3.63) is 99.9 Å². The summed E-state index contributed by atoms with van der Waals surface area (Å²) in [5.74, 6) is -0.380. The minimum atomic E-state index is -4.55. The van der Waals surface area contributed by atoms with Crippen LogP contribution in [-0.2, 0) is 12.8 Å². The van der Waals surface area contributed by atoms with Gasteiger partial charge in [-0.15, -0.1) is 0 Å². The van der Waals surface area contributed by atoms with E-state index in [1.165, 1.54) is 53.4 Å². The molecule has 0 aliphatic rings. The number of hydrogen-bond donors (Lipinski definition) is 3. The predicted octanol–water partition coefficient (Wildman–Crippen LogP) is 4.72. The molecule has 7 nitrogen and oxygen atoms in total. The Hall–Kier alpha value is -3.83. The lowest BCUT2D eigenvalue weighted by atomic mass is 10.1. The normalized spacial score (nSPS) is 12.1. The number of hydrogen-bond acceptors (Lipinski definition) is 5. The van der Waals surface area contributed by atoms with Crippen LogP contribution in [0.25, 0.3) is 11.5 Å². The van der Waals surface area contributed by atoms with E-state index in [2.05, 4.69) is 5.32 Å². The highest BCUT2D eigenvalue weighted by molar-refractivity contribution is 7.81. The Kier molecular flexibility index (Phi) is 7.04. The number of alkyl halides is 3. The molecule has 0 aliphatic carbocycles. The van der Waals surface area contributed by atoms with Crippen molar-refractivity contribution in [3.63, 3.8) is 0 Å². The summed E-state index contributed by atoms with van der Waals surface area (Å²) < 4.78 is 40.6. The standard InChI is InChI=1S/C22H16F3N3O4S/c23-22(24,25)16-4-1-5-17(11-16)26-21(33)19(27-10-2-3-14(12-27)13-29)20(30)15-6-8-18(9-7-15)28(31)32/h1-12,29H,13H2,(H-,26,30,33)/p+1. The highest BCUT2D eigenvalue weighted by Crippen LogP contribution is 2.31. The smallest absolute Gasteiger partial charge is 0.416 e. The van der Waals surface area contributed by atoms with Crippen LogP contribution in [0.15, 0.2) is 73.1 Å². The first kappa shape index (κ1) is 23.8. The van der Waals surface area contributed by atoms with Gasteiger partial charge in [-0.2, -0.15) is 17.7 Å². The van der Waals surface area contributed by atoms with Gasteiger partial charge in [0.2, 0.25) is 0 Å². The van der Waals surface area contributed by atoms with Crippen molar-refractivity contribution < 1.29 is 32.9 Å². The number of aromatic nitrogens is 1. The van der Waals surface area contributed by atoms with Crippen LogP contribution in [0.2, 0.25) is 0 Å². The first-order valence-corrected chi connectivity index (χ1v) is 9.79. The molecule has 0 unspecified atom stereocenters. The Labute approximate surface area is 191 Å². The molecule has 1 aromatic heterocycles. The van der Waals surface area contributed by atoms with Gasteiger partial charge < -0.3 is 15.5 Å². The Balaban J connectivity index is 2.08. The molecule has 3 aromatic rings. The molecule has 33 heavy (non-hydrogen) atoms. The summed E-state index contributed by atoms with van der Waals surface area (Å²) in [6, 6.07) is 12.6. The Morgan fingerprint density at radius 1 is 1.12 bits per heavy atom. The Morgan fingerprint density at radius 2 is 1.82 bits per heavy atom. The number of pyridine rings is 1. The number of halogens is 3. The zero-order chi connectivity index (χ0) is 24.2. The first-order valence-electron chi connectivity index (χ1n) is 9.38. The van der Waals surface area contributed by atoms with E-state index in [1.807, 2.05) is 0 Å². The average molecular weight is 476 g/mol. The molecule has 0 aliphatic heterocycles. The van der Waals surface area contributed by atoms with E-state index >= 15 is 0 Å². The van der Waals surface area contributed by atoms with Crippen molar-refractivity contribution >= 4 is 40.0 Å². The van der Waals surface area contributed by atoms with E-state index in [4.69, 9.17) is 12.2 Å². The molecule has 3 N–H and O–H groups in total. The molecule has 0 saturated carbocycles. The van der Waals surface area contributed by atoms with E-state index in [0.29, 0.717) is 5.56 Å². The SMILES string of the molecule is O=[N+]([O-])c1ccc(/C(O)=C(/C(=S)Nc2cccc(C(F)(F)F)c2)[n+]2cccc(CO)c2)cc1. The van der Waals surface area contributed by atoms with Gasteiger partial charge in [-0.1, -0.05) is 18.3 Å². The molecule has 0 bridgehead atoms. The highest BCUT2D eigenvalue weighted by Gasteiger charge is 2.31. The second-order valence-corrected chi connectivity index (χ2v) is 7.22. The molecule has 1 heterocycles. The lowest BCUT2D eigenvalue weighted by Gasteiger charge is -2.12. The van der Waals surface area contributed by atoms with Crippen molar-refractivity contribution in [3.8, 4) is 0 Å². The van der Waals surface area contributed by atoms with E-state index in [0.717, 1.165) is 12.1 Å². The van der Waals surface area contributed by atoms with E-state index < -0.39 is 16.7 Å². The van der Waals surface area contributed by atoms with Gasteiger partial charge in [0.25, 0.3) is 11.4 Å². The van der Waals surface area contributed by atoms with E-state index in [1.54, 1.807) is 12.1 Å². The van der Waals surface area contributed by atoms with Gasteiger partial charge in [0.05, 0.1) is 17.1 Å². The van der Waals surface area contributed by atoms with Crippen LogP contribution in [0.1, 0.15) is 16.7 Å². The molecule has 0 atom stereocenters. The Bertz CT molecular complexity index is 1230. The molecule has 3 rings (SSSR count). The molecule has 0 amide bonds. The summed E-state index contributed by atoms with van der Waals surface area (Å²) >= 11 is 5.40. The Morgan fingerprint density at radius 3 is 2.42 bits per heavy atom. The molecule has 11 heteroatoms. The van der Waals surface area contributed by atoms with Crippen molar-refractivity contribution in [1.29, 1.82) is 0 Å². The second-order valence-electron chi connectivity index (χ2n) is 6.81. The molecular weight excluding hydrogens is 459 g/mol. The summed E-state index contributed by atoms with van der Waals surface area (Å²) in [6.45, 7) is -0.305. The van der Waals surface area contributed by atoms with Gasteiger partial charge >= 0.3 is 6.18 Å². The molecule has 170 valence electrons. The number of rotatable bonds is 6. The minimum absolute atomic E-state index is 0.00781. The van der Waals surface area contributed by atoms with Gasteiger partial charge in [-0.05, 0) is 36.4 Å². The third-order valence-electron chi connectivity index (χ3n) is 4.54. The summed E-state index contributed by atoms with van der Waals surface area (Å²) in [6.07, 6.45) is -1.55. The van der Waals surface area contributed by atoms with Crippen molar-refractivity contribution in [2.75, 3.05) is 5.32 Å². The number of nitro groups is 1. The number of thiocarbonyl (C=S) groups is 1. The van der Waals surface area contributed by atoms with E-state index in [9.17, 15) is 33.5 Å². The van der Waals surface area contributed by atoms with Crippen LogP contribution in [0.3, 0.4) is 0 Å². The highest BCUT2D eigenvalue weighted by atomic mass is 32.1. The number of benzene rings is 2. The third kappa shape index (κ3) is 5.70. The van der Waals surface area contributed by atoms with Crippen LogP contribution in [0, 0.1) is 10.1 Å². The topological polar surface area (TPSA) is 99.5 Å². The zero-order valence-corrected chi connectivity index (χ0v) is 17.6. The third-order valence-corrected chi connectivity index (χ3v) is 4.84. The molecular formula is C22H17F3N3O4S+. The number of anilines is 1. The summed E-state index contributed by atoms with van der Waals surface area (Å²) in [5.41, 5.74) is -0.364. The number of nitrogens with zero attached hydrogens (tertiary/aromatic N) is 2. The fraction of sp³-hybridized carbons (Fsp3) is 0.0909. The van der Waals surface area contributed by atoms with Gasteiger partial charge in [-0.25, -0.2) is 0 Å². The second kappa shape index (κ2) is 9.76. The number of non-ortho nitro benzene ring substituents is 1. The first-order chi connectivity index (χ1) is 15.6. The summed E-state index contributed by atoms with van der Waals surface area (Å²) in [7, 11) is 0. The minimum Gasteiger partial charge on any atom is -0.502 e. The molecule has 0 saturated heterocycles. The number of nitro benzene ring substituents is 1. The molecule has 0 radical (unpaired) electrons. The lowest BCUT2D eigenvalue weighted by molar-refractivity contribution is -0.576.